The van der Waals surface area contributed by atoms with Gasteiger partial charge in [0.2, 0.25) is 17.6 Å². The van der Waals surface area contributed by atoms with Crippen molar-refractivity contribution in [1.29, 1.82) is 0 Å². The second-order valence-corrected chi connectivity index (χ2v) is 18.2. The summed E-state index contributed by atoms with van der Waals surface area (Å²) < 4.78 is 27.0. The molecule has 14 heteroatoms. The van der Waals surface area contributed by atoms with Gasteiger partial charge in [0, 0.05) is 12.1 Å². The summed E-state index contributed by atoms with van der Waals surface area (Å²) in [5.74, 6) is -3.04. The molecule has 0 radical (unpaired) electrons. The van der Waals surface area contributed by atoms with Crippen molar-refractivity contribution in [3.63, 3.8) is 0 Å². The van der Waals surface area contributed by atoms with Gasteiger partial charge < -0.3 is 26.2 Å². The van der Waals surface area contributed by atoms with Crippen molar-refractivity contribution in [3.05, 3.63) is 24.3 Å². The number of phenols is 1. The second-order valence-electron chi connectivity index (χ2n) is 16.3. The highest BCUT2D eigenvalue weighted by molar-refractivity contribution is 7.91. The molecule has 49 heavy (non-hydrogen) atoms. The minimum Gasteiger partial charge on any atom is -0.508 e. The molecule has 1 heterocycles. The zero-order chi connectivity index (χ0) is 35.5. The van der Waals surface area contributed by atoms with Crippen molar-refractivity contribution in [2.24, 2.45) is 34.3 Å². The number of fused-ring (bicyclic) bond motifs is 1. The van der Waals surface area contributed by atoms with Gasteiger partial charge in [-0.05, 0) is 78.9 Å². The SMILES string of the molecule is CC1(C)C2CN(C(=O)[C@@H](NC(O)NC3(CS(=O)(=O)c4cccc(O)c4)CCCCC3)C3(C)CC3)[C@H](C(=O)NC(CC3CC3)C(=O)C(N)=O)C21. The van der Waals surface area contributed by atoms with E-state index in [4.69, 9.17) is 5.73 Å². The number of Topliss-reactive ketones (excluding diaryl/α,β-unsaturated/α-hetero) is 1. The summed E-state index contributed by atoms with van der Waals surface area (Å²) >= 11 is 0. The smallest absolute Gasteiger partial charge is 0.287 e. The molecule has 270 valence electrons. The van der Waals surface area contributed by atoms with Crippen LogP contribution in [-0.4, -0.2) is 89.3 Å². The predicted octanol–water partition coefficient (Wildman–Crippen LogP) is 1.31. The van der Waals surface area contributed by atoms with E-state index in [1.54, 1.807) is 4.90 Å². The average molecular weight is 702 g/mol. The maximum absolute atomic E-state index is 14.5. The molecule has 5 fully saturated rings. The van der Waals surface area contributed by atoms with E-state index in [-0.39, 0.29) is 45.5 Å². The molecule has 4 aliphatic carbocycles. The van der Waals surface area contributed by atoms with Gasteiger partial charge in [0.15, 0.2) is 16.2 Å². The number of hydrogen-bond donors (Lipinski definition) is 6. The first-order chi connectivity index (χ1) is 23.0. The molecule has 1 aliphatic heterocycles. The summed E-state index contributed by atoms with van der Waals surface area (Å²) in [6, 6.07) is 2.77. The lowest BCUT2D eigenvalue weighted by Gasteiger charge is -2.41. The highest BCUT2D eigenvalue weighted by atomic mass is 32.2. The van der Waals surface area contributed by atoms with Crippen molar-refractivity contribution in [3.8, 4) is 5.75 Å². The molecule has 4 unspecified atom stereocenters. The lowest BCUT2D eigenvalue weighted by Crippen LogP contribution is -2.65. The van der Waals surface area contributed by atoms with E-state index in [0.29, 0.717) is 25.8 Å². The Labute approximate surface area is 288 Å². The zero-order valence-corrected chi connectivity index (χ0v) is 29.4. The largest absolute Gasteiger partial charge is 0.508 e. The van der Waals surface area contributed by atoms with Gasteiger partial charge >= 0.3 is 0 Å². The number of nitrogens with zero attached hydrogens (tertiary/aromatic N) is 1. The number of aliphatic hydroxyl groups is 1. The van der Waals surface area contributed by atoms with Gasteiger partial charge in [-0.3, -0.25) is 29.8 Å². The number of nitrogens with one attached hydrogen (secondary N) is 3. The molecule has 6 rings (SSSR count). The summed E-state index contributed by atoms with van der Waals surface area (Å²) in [4.78, 5) is 54.5. The first-order valence-electron chi connectivity index (χ1n) is 17.6. The number of sulfone groups is 1. The van der Waals surface area contributed by atoms with Gasteiger partial charge in [0.05, 0.1) is 22.7 Å². The van der Waals surface area contributed by atoms with Crippen LogP contribution in [-0.2, 0) is 29.0 Å². The summed E-state index contributed by atoms with van der Waals surface area (Å²) in [5.41, 5.74) is 3.66. The number of likely N-dealkylation sites (tertiary alicyclic amines) is 1. The van der Waals surface area contributed by atoms with Crippen LogP contribution in [0.5, 0.6) is 5.75 Å². The van der Waals surface area contributed by atoms with Gasteiger partial charge in [-0.1, -0.05) is 58.9 Å². The predicted molar refractivity (Wildman–Crippen MR) is 179 cm³/mol. The molecule has 3 amide bonds. The number of aromatic hydroxyl groups is 1. The van der Waals surface area contributed by atoms with Gasteiger partial charge in [-0.2, -0.15) is 0 Å². The van der Waals surface area contributed by atoms with Crippen LogP contribution in [0.3, 0.4) is 0 Å². The van der Waals surface area contributed by atoms with Gasteiger partial charge in [0.1, 0.15) is 11.8 Å². The minimum atomic E-state index is -3.85. The third-order valence-corrected chi connectivity index (χ3v) is 14.0. The molecular formula is C35H51N5O8S. The quantitative estimate of drug-likeness (QED) is 0.114. The highest BCUT2D eigenvalue weighted by Gasteiger charge is 2.70. The van der Waals surface area contributed by atoms with Crippen molar-refractivity contribution >= 4 is 33.3 Å². The van der Waals surface area contributed by atoms with Crippen LogP contribution in [0.15, 0.2) is 29.2 Å². The molecule has 5 aliphatic rings. The Bertz CT molecular complexity index is 1600. The number of carbonyl (C=O) groups is 4. The molecule has 1 saturated heterocycles. The molecule has 1 aromatic rings. The fourth-order valence-electron chi connectivity index (χ4n) is 8.56. The van der Waals surface area contributed by atoms with Crippen molar-refractivity contribution < 1.29 is 37.8 Å². The van der Waals surface area contributed by atoms with Crippen LogP contribution in [0.2, 0.25) is 0 Å². The van der Waals surface area contributed by atoms with E-state index in [1.807, 2.05) is 6.92 Å². The van der Waals surface area contributed by atoms with Crippen LogP contribution in [0.4, 0.5) is 0 Å². The molecule has 7 N–H and O–H groups in total. The number of primary amides is 1. The normalized spacial score (nSPS) is 28.1. The number of aliphatic hydroxyl groups excluding tert-OH is 1. The number of phenolic OH excluding ortho intramolecular Hbond substituents is 1. The lowest BCUT2D eigenvalue weighted by molar-refractivity contribution is -0.145. The van der Waals surface area contributed by atoms with E-state index >= 15 is 0 Å². The van der Waals surface area contributed by atoms with Gasteiger partial charge in [-0.15, -0.1) is 0 Å². The second kappa shape index (κ2) is 12.9. The lowest BCUT2D eigenvalue weighted by atomic mass is 9.83. The van der Waals surface area contributed by atoms with E-state index in [2.05, 4.69) is 29.8 Å². The number of benzene rings is 1. The number of carbonyl (C=O) groups excluding carboxylic acids is 4. The van der Waals surface area contributed by atoms with E-state index in [0.717, 1.165) is 44.9 Å². The van der Waals surface area contributed by atoms with Crippen LogP contribution >= 0.6 is 0 Å². The maximum atomic E-state index is 14.5. The number of nitrogens with two attached hydrogens (primary N) is 1. The molecule has 0 bridgehead atoms. The van der Waals surface area contributed by atoms with E-state index in [9.17, 15) is 37.8 Å². The zero-order valence-electron chi connectivity index (χ0n) is 28.6. The standard InChI is InChI=1S/C35H51N5O8S/c1-33(2)23-18-40(26(25(23)33)30(44)37-24(16-20-10-11-20)27(42)29(36)43)31(45)28(34(3)14-15-34)38-32(46)39-35(12-5-4-6-13-35)19-49(47,48)22-9-7-8-21(41)17-22/h7-9,17,20,23-26,28,32,38-39,41,46H,4-6,10-16,18-19H2,1-3H3,(H2,36,43)(H,37,44)/t23?,24?,25?,26-,28+,32?/m0/s1. The summed E-state index contributed by atoms with van der Waals surface area (Å²) in [5, 5.41) is 30.4. The van der Waals surface area contributed by atoms with Crippen LogP contribution in [0.1, 0.15) is 85.0 Å². The summed E-state index contributed by atoms with van der Waals surface area (Å²) in [6.45, 7) is 6.40. The molecule has 13 nitrogen and oxygen atoms in total. The Morgan fingerprint density at radius 3 is 2.31 bits per heavy atom. The Kier molecular flexibility index (Phi) is 9.42. The number of amides is 3. The third-order valence-electron chi connectivity index (χ3n) is 12.1. The van der Waals surface area contributed by atoms with E-state index in [1.165, 1.54) is 24.3 Å². The fourth-order valence-corrected chi connectivity index (χ4v) is 10.4. The Hall–Kier alpha value is -3.07. The minimum absolute atomic E-state index is 0.00279. The molecule has 6 atom stereocenters. The molecular weight excluding hydrogens is 650 g/mol. The Morgan fingerprint density at radius 1 is 1.04 bits per heavy atom. The summed E-state index contributed by atoms with van der Waals surface area (Å²) in [6.07, 6.45) is 5.62. The number of piperidine rings is 1. The number of rotatable bonds is 15. The van der Waals surface area contributed by atoms with Crippen molar-refractivity contribution in [1.82, 2.24) is 20.9 Å². The van der Waals surface area contributed by atoms with Crippen molar-refractivity contribution in [2.75, 3.05) is 12.3 Å². The van der Waals surface area contributed by atoms with E-state index < -0.39 is 62.9 Å². The van der Waals surface area contributed by atoms with Crippen LogP contribution in [0, 0.1) is 28.6 Å². The third kappa shape index (κ3) is 7.38. The van der Waals surface area contributed by atoms with Crippen LogP contribution in [0.25, 0.3) is 0 Å². The van der Waals surface area contributed by atoms with Crippen LogP contribution < -0.4 is 21.7 Å². The summed E-state index contributed by atoms with van der Waals surface area (Å²) in [7, 11) is -3.85. The number of hydrogen-bond acceptors (Lipinski definition) is 10. The maximum Gasteiger partial charge on any atom is 0.287 e. The Morgan fingerprint density at radius 2 is 1.71 bits per heavy atom. The monoisotopic (exact) mass is 701 g/mol. The van der Waals surface area contributed by atoms with Gasteiger partial charge in [0.25, 0.3) is 5.91 Å². The molecule has 4 saturated carbocycles. The molecule has 0 aromatic heterocycles. The average Bonchev–Trinajstić information content (AvgIpc) is 3.99. The fraction of sp³-hybridized carbons (Fsp3) is 0.714. The molecule has 1 aromatic carbocycles. The molecule has 0 spiro atoms. The first kappa shape index (κ1) is 35.7. The topological polar surface area (TPSA) is 208 Å². The van der Waals surface area contributed by atoms with Crippen molar-refractivity contribution in [2.45, 2.75) is 120 Å². The number of ketones is 1. The van der Waals surface area contributed by atoms with Gasteiger partial charge in [-0.25, -0.2) is 8.42 Å². The highest BCUT2D eigenvalue weighted by Crippen LogP contribution is 2.65. The first-order valence-corrected chi connectivity index (χ1v) is 19.3. The Balaban J connectivity index is 1.20.